The van der Waals surface area contributed by atoms with Crippen LogP contribution in [0.25, 0.3) is 10.9 Å². The summed E-state index contributed by atoms with van der Waals surface area (Å²) in [6.07, 6.45) is 4.31. The fourth-order valence-corrected chi connectivity index (χ4v) is 2.91. The number of aliphatic hydroxyl groups is 1. The highest BCUT2D eigenvalue weighted by Gasteiger charge is 2.19. The van der Waals surface area contributed by atoms with Gasteiger partial charge in [0.2, 0.25) is 0 Å². The van der Waals surface area contributed by atoms with Crippen molar-refractivity contribution in [3.63, 3.8) is 0 Å². The number of hydrogen-bond acceptors (Lipinski definition) is 2. The minimum absolute atomic E-state index is 0.133. The van der Waals surface area contributed by atoms with Gasteiger partial charge >= 0.3 is 0 Å². The first-order valence-corrected chi connectivity index (χ1v) is 6.38. The van der Waals surface area contributed by atoms with Gasteiger partial charge in [0.25, 0.3) is 0 Å². The van der Waals surface area contributed by atoms with Crippen LogP contribution in [0, 0.1) is 0 Å². The van der Waals surface area contributed by atoms with E-state index in [1.165, 1.54) is 23.2 Å². The number of rotatable bonds is 2. The summed E-state index contributed by atoms with van der Waals surface area (Å²) >= 11 is 0. The van der Waals surface area contributed by atoms with Gasteiger partial charge in [0.1, 0.15) is 0 Å². The van der Waals surface area contributed by atoms with Crippen LogP contribution in [0.1, 0.15) is 35.7 Å². The van der Waals surface area contributed by atoms with E-state index in [4.69, 9.17) is 4.98 Å². The molecule has 1 N–H and O–H groups in total. The average Bonchev–Trinajstić information content (AvgIpc) is 2.82. The van der Waals surface area contributed by atoms with Gasteiger partial charge in [-0.15, -0.1) is 0 Å². The van der Waals surface area contributed by atoms with Crippen molar-refractivity contribution < 1.29 is 5.11 Å². The summed E-state index contributed by atoms with van der Waals surface area (Å²) in [5.41, 5.74) is 6.00. The van der Waals surface area contributed by atoms with E-state index >= 15 is 0 Å². The van der Waals surface area contributed by atoms with Crippen LogP contribution in [0.3, 0.4) is 0 Å². The lowest BCUT2D eigenvalue weighted by molar-refractivity contribution is 0.282. The van der Waals surface area contributed by atoms with Crippen molar-refractivity contribution in [3.05, 3.63) is 40.6 Å². The highest BCUT2D eigenvalue weighted by molar-refractivity contribution is 5.86. The molecule has 17 heavy (non-hydrogen) atoms. The largest absolute Gasteiger partial charge is 0.392 e. The Bertz CT molecular complexity index is 575. The zero-order valence-corrected chi connectivity index (χ0v) is 10.2. The first kappa shape index (κ1) is 10.7. The second-order valence-electron chi connectivity index (χ2n) is 4.69. The number of aliphatic hydroxyl groups excluding tert-OH is 1. The summed E-state index contributed by atoms with van der Waals surface area (Å²) in [6.45, 7) is 2.29. The van der Waals surface area contributed by atoms with Crippen LogP contribution < -0.4 is 0 Å². The number of nitrogens with zero attached hydrogens (tertiary/aromatic N) is 1. The number of pyridine rings is 1. The normalized spacial score (nSPS) is 14.2. The number of hydrogen-bond donors (Lipinski definition) is 1. The molecular formula is C15H17NO. The molecule has 1 heterocycles. The molecule has 1 aliphatic carbocycles. The van der Waals surface area contributed by atoms with Gasteiger partial charge in [-0.25, -0.2) is 0 Å². The third-order valence-corrected chi connectivity index (χ3v) is 3.78. The van der Waals surface area contributed by atoms with Crippen LogP contribution in [0.15, 0.2) is 18.2 Å². The molecular weight excluding hydrogens is 210 g/mol. The molecule has 0 bridgehead atoms. The van der Waals surface area contributed by atoms with Crippen LogP contribution in [-0.4, -0.2) is 10.1 Å². The zero-order chi connectivity index (χ0) is 11.8. The topological polar surface area (TPSA) is 33.1 Å². The summed E-state index contributed by atoms with van der Waals surface area (Å²) in [5.74, 6) is 0. The predicted molar refractivity (Wildman–Crippen MR) is 69.1 cm³/mol. The summed E-state index contributed by atoms with van der Waals surface area (Å²) in [4.78, 5) is 4.82. The smallest absolute Gasteiger partial charge is 0.0740 e. The van der Waals surface area contributed by atoms with Gasteiger partial charge in [-0.2, -0.15) is 0 Å². The first-order valence-electron chi connectivity index (χ1n) is 6.38. The molecule has 0 unspecified atom stereocenters. The van der Waals surface area contributed by atoms with Crippen molar-refractivity contribution in [2.24, 2.45) is 0 Å². The molecule has 0 saturated heterocycles. The Morgan fingerprint density at radius 3 is 2.94 bits per heavy atom. The maximum atomic E-state index is 9.64. The van der Waals surface area contributed by atoms with Gasteiger partial charge in [-0.3, -0.25) is 4.98 Å². The molecule has 2 heteroatoms. The quantitative estimate of drug-likeness (QED) is 0.855. The van der Waals surface area contributed by atoms with E-state index in [0.29, 0.717) is 0 Å². The Morgan fingerprint density at radius 2 is 2.18 bits per heavy atom. The van der Waals surface area contributed by atoms with Gasteiger partial charge in [0.15, 0.2) is 0 Å². The molecule has 0 spiro atoms. The molecule has 1 aromatic carbocycles. The Hall–Kier alpha value is -1.41. The molecule has 0 saturated carbocycles. The van der Waals surface area contributed by atoms with E-state index in [-0.39, 0.29) is 6.61 Å². The molecule has 2 nitrogen and oxygen atoms in total. The summed E-state index contributed by atoms with van der Waals surface area (Å²) in [7, 11) is 0. The Morgan fingerprint density at radius 1 is 1.29 bits per heavy atom. The lowest BCUT2D eigenvalue weighted by atomic mass is 9.99. The van der Waals surface area contributed by atoms with E-state index in [9.17, 15) is 5.11 Å². The van der Waals surface area contributed by atoms with E-state index in [1.54, 1.807) is 0 Å². The fourth-order valence-electron chi connectivity index (χ4n) is 2.91. The molecule has 1 aromatic heterocycles. The van der Waals surface area contributed by atoms with Crippen LogP contribution in [-0.2, 0) is 25.9 Å². The molecule has 0 aliphatic heterocycles. The Balaban J connectivity index is 2.40. The molecule has 0 fully saturated rings. The monoisotopic (exact) mass is 227 g/mol. The third kappa shape index (κ3) is 1.55. The highest BCUT2D eigenvalue weighted by Crippen LogP contribution is 2.31. The molecule has 3 rings (SSSR count). The van der Waals surface area contributed by atoms with Crippen molar-refractivity contribution in [2.75, 3.05) is 0 Å². The van der Waals surface area contributed by atoms with E-state index in [0.717, 1.165) is 35.7 Å². The molecule has 88 valence electrons. The number of aryl methyl sites for hydroxylation is 2. The number of para-hydroxylation sites is 1. The Labute approximate surface area is 101 Å². The van der Waals surface area contributed by atoms with Crippen LogP contribution in [0.4, 0.5) is 0 Å². The third-order valence-electron chi connectivity index (χ3n) is 3.78. The predicted octanol–water partition coefficient (Wildman–Crippen LogP) is 2.78. The Kier molecular flexibility index (Phi) is 2.60. The summed E-state index contributed by atoms with van der Waals surface area (Å²) in [6, 6.07) is 6.30. The summed E-state index contributed by atoms with van der Waals surface area (Å²) in [5, 5.41) is 10.8. The molecule has 0 atom stereocenters. The molecule has 0 amide bonds. The van der Waals surface area contributed by atoms with E-state index < -0.39 is 0 Å². The lowest BCUT2D eigenvalue weighted by Gasteiger charge is -2.12. The van der Waals surface area contributed by atoms with Gasteiger partial charge < -0.3 is 5.11 Å². The maximum absolute atomic E-state index is 9.64. The van der Waals surface area contributed by atoms with E-state index in [2.05, 4.69) is 25.1 Å². The SMILES string of the molecule is CCc1cccc2c(CO)c3c(nc12)CCC3. The van der Waals surface area contributed by atoms with Crippen LogP contribution >= 0.6 is 0 Å². The highest BCUT2D eigenvalue weighted by atomic mass is 16.3. The first-order chi connectivity index (χ1) is 8.35. The van der Waals surface area contributed by atoms with Crippen LogP contribution in [0.2, 0.25) is 0 Å². The van der Waals surface area contributed by atoms with Gasteiger partial charge in [0.05, 0.1) is 12.1 Å². The van der Waals surface area contributed by atoms with E-state index in [1.807, 2.05) is 0 Å². The number of fused-ring (bicyclic) bond motifs is 2. The molecule has 1 aliphatic rings. The average molecular weight is 227 g/mol. The van der Waals surface area contributed by atoms with Gasteiger partial charge in [0, 0.05) is 11.1 Å². The number of benzene rings is 1. The van der Waals surface area contributed by atoms with Crippen molar-refractivity contribution in [2.45, 2.75) is 39.2 Å². The van der Waals surface area contributed by atoms with Crippen molar-refractivity contribution in [3.8, 4) is 0 Å². The lowest BCUT2D eigenvalue weighted by Crippen LogP contribution is -2.00. The number of aromatic nitrogens is 1. The van der Waals surface area contributed by atoms with Crippen molar-refractivity contribution >= 4 is 10.9 Å². The van der Waals surface area contributed by atoms with Crippen LogP contribution in [0.5, 0.6) is 0 Å². The minimum atomic E-state index is 0.133. The van der Waals surface area contributed by atoms with Gasteiger partial charge in [-0.05, 0) is 42.4 Å². The second-order valence-corrected chi connectivity index (χ2v) is 4.69. The second kappa shape index (κ2) is 4.11. The van der Waals surface area contributed by atoms with Crippen molar-refractivity contribution in [1.29, 1.82) is 0 Å². The standard InChI is InChI=1S/C15H17NO/c1-2-10-5-3-7-12-13(9-17)11-6-4-8-14(11)16-15(10)12/h3,5,7,17H,2,4,6,8-9H2,1H3. The molecule has 0 radical (unpaired) electrons. The fraction of sp³-hybridized carbons (Fsp3) is 0.400. The minimum Gasteiger partial charge on any atom is -0.392 e. The maximum Gasteiger partial charge on any atom is 0.0740 e. The zero-order valence-electron chi connectivity index (χ0n) is 10.2. The van der Waals surface area contributed by atoms with Gasteiger partial charge in [-0.1, -0.05) is 25.1 Å². The summed E-state index contributed by atoms with van der Waals surface area (Å²) < 4.78 is 0. The molecule has 2 aromatic rings. The van der Waals surface area contributed by atoms with Crippen molar-refractivity contribution in [1.82, 2.24) is 4.98 Å².